The van der Waals surface area contributed by atoms with E-state index < -0.39 is 5.79 Å². The number of methoxy groups -OCH3 is 1. The highest BCUT2D eigenvalue weighted by Gasteiger charge is 2.41. The van der Waals surface area contributed by atoms with Crippen molar-refractivity contribution in [1.82, 2.24) is 0 Å². The molecule has 0 spiro atoms. The Kier molecular flexibility index (Phi) is 3.71. The summed E-state index contributed by atoms with van der Waals surface area (Å²) in [5.74, 6) is 0.197. The van der Waals surface area contributed by atoms with Crippen LogP contribution in [0.5, 0.6) is 11.5 Å². The molecule has 1 saturated heterocycles. The molecule has 1 heterocycles. The van der Waals surface area contributed by atoms with Gasteiger partial charge in [0.05, 0.1) is 13.0 Å². The molecule has 1 N–H and O–H groups in total. The van der Waals surface area contributed by atoms with Gasteiger partial charge in [-0.2, -0.15) is 0 Å². The number of rotatable bonds is 3. The number of phenolic OH excluding ortho intramolecular Hbond substituents is 1. The molecule has 2 rings (SSSR count). The number of alkyl halides is 1. The minimum atomic E-state index is -0.657. The third-order valence-electron chi connectivity index (χ3n) is 2.87. The lowest BCUT2D eigenvalue weighted by atomic mass is 10.0. The average molecular weight is 273 g/mol. The van der Waals surface area contributed by atoms with Gasteiger partial charge in [-0.25, -0.2) is 0 Å². The number of aromatic hydroxyl groups is 1. The second-order valence-electron chi connectivity index (χ2n) is 4.68. The fourth-order valence-corrected chi connectivity index (χ4v) is 2.33. The van der Waals surface area contributed by atoms with E-state index in [2.05, 4.69) is 0 Å². The molecule has 0 bridgehead atoms. The van der Waals surface area contributed by atoms with Crippen molar-refractivity contribution in [3.63, 3.8) is 0 Å². The number of benzene rings is 1. The van der Waals surface area contributed by atoms with Crippen molar-refractivity contribution in [2.24, 2.45) is 0 Å². The average Bonchev–Trinajstić information content (AvgIpc) is 2.65. The number of hydrogen-bond donors (Lipinski definition) is 1. The van der Waals surface area contributed by atoms with E-state index in [0.717, 1.165) is 5.56 Å². The monoisotopic (exact) mass is 272 g/mol. The standard InChI is InChI=1S/C13H17ClO4/c1-13(2)17-11(7-14)12(18-13)8-4-5-9(15)10(6-8)16-3/h4-6,11-12,15H,7H2,1-3H3/t11-,12-/m0/s1. The smallest absolute Gasteiger partial charge is 0.164 e. The van der Waals surface area contributed by atoms with Crippen LogP contribution in [0.2, 0.25) is 0 Å². The zero-order valence-corrected chi connectivity index (χ0v) is 11.4. The first kappa shape index (κ1) is 13.5. The second-order valence-corrected chi connectivity index (χ2v) is 4.99. The molecule has 1 aromatic carbocycles. The van der Waals surface area contributed by atoms with Crippen molar-refractivity contribution in [3.8, 4) is 11.5 Å². The van der Waals surface area contributed by atoms with Gasteiger partial charge in [0.2, 0.25) is 0 Å². The molecular weight excluding hydrogens is 256 g/mol. The Morgan fingerprint density at radius 2 is 2.11 bits per heavy atom. The number of ether oxygens (including phenoxy) is 3. The molecule has 0 saturated carbocycles. The van der Waals surface area contributed by atoms with E-state index in [1.807, 2.05) is 13.8 Å². The molecule has 1 fully saturated rings. The topological polar surface area (TPSA) is 47.9 Å². The maximum absolute atomic E-state index is 9.58. The Hall–Kier alpha value is -0.970. The predicted octanol–water partition coefficient (Wildman–Crippen LogP) is 2.83. The van der Waals surface area contributed by atoms with Gasteiger partial charge in [-0.05, 0) is 31.5 Å². The fourth-order valence-electron chi connectivity index (χ4n) is 2.10. The summed E-state index contributed by atoms with van der Waals surface area (Å²) in [6, 6.07) is 5.10. The summed E-state index contributed by atoms with van der Waals surface area (Å²) in [6.45, 7) is 3.70. The predicted molar refractivity (Wildman–Crippen MR) is 68.2 cm³/mol. The first-order chi connectivity index (χ1) is 8.46. The zero-order valence-electron chi connectivity index (χ0n) is 10.6. The van der Waals surface area contributed by atoms with E-state index >= 15 is 0 Å². The van der Waals surface area contributed by atoms with Gasteiger partial charge in [0.1, 0.15) is 12.2 Å². The van der Waals surface area contributed by atoms with Crippen molar-refractivity contribution in [3.05, 3.63) is 23.8 Å². The fraction of sp³-hybridized carbons (Fsp3) is 0.538. The number of hydrogen-bond acceptors (Lipinski definition) is 4. The van der Waals surface area contributed by atoms with Gasteiger partial charge in [0.15, 0.2) is 17.3 Å². The van der Waals surface area contributed by atoms with Crippen molar-refractivity contribution >= 4 is 11.6 Å². The molecule has 4 nitrogen and oxygen atoms in total. The van der Waals surface area contributed by atoms with Crippen molar-refractivity contribution < 1.29 is 19.3 Å². The third-order valence-corrected chi connectivity index (χ3v) is 3.17. The van der Waals surface area contributed by atoms with Crippen molar-refractivity contribution in [2.45, 2.75) is 31.8 Å². The van der Waals surface area contributed by atoms with Crippen LogP contribution in [-0.4, -0.2) is 30.0 Å². The van der Waals surface area contributed by atoms with Crippen LogP contribution in [0.4, 0.5) is 0 Å². The molecule has 1 aliphatic heterocycles. The van der Waals surface area contributed by atoms with E-state index in [1.165, 1.54) is 7.11 Å². The van der Waals surface area contributed by atoms with Gasteiger partial charge < -0.3 is 19.3 Å². The van der Waals surface area contributed by atoms with Gasteiger partial charge in [0.25, 0.3) is 0 Å². The maximum atomic E-state index is 9.58. The molecule has 0 amide bonds. The summed E-state index contributed by atoms with van der Waals surface area (Å²) in [5.41, 5.74) is 0.876. The largest absolute Gasteiger partial charge is 0.504 e. The molecule has 2 atom stereocenters. The first-order valence-electron chi connectivity index (χ1n) is 5.75. The number of halogens is 1. The molecule has 5 heteroatoms. The summed E-state index contributed by atoms with van der Waals surface area (Å²) in [4.78, 5) is 0. The van der Waals surface area contributed by atoms with Crippen LogP contribution in [-0.2, 0) is 9.47 Å². The third kappa shape index (κ3) is 2.55. The van der Waals surface area contributed by atoms with Gasteiger partial charge in [0, 0.05) is 0 Å². The summed E-state index contributed by atoms with van der Waals surface area (Å²) in [5, 5.41) is 9.58. The maximum Gasteiger partial charge on any atom is 0.164 e. The van der Waals surface area contributed by atoms with E-state index in [9.17, 15) is 5.11 Å². The van der Waals surface area contributed by atoms with Crippen LogP contribution in [0, 0.1) is 0 Å². The minimum absolute atomic E-state index is 0.0989. The van der Waals surface area contributed by atoms with Gasteiger partial charge in [-0.3, -0.25) is 0 Å². The van der Waals surface area contributed by atoms with Gasteiger partial charge in [-0.15, -0.1) is 11.6 Å². The van der Waals surface area contributed by atoms with E-state index in [4.69, 9.17) is 25.8 Å². The molecule has 1 aliphatic rings. The highest BCUT2D eigenvalue weighted by atomic mass is 35.5. The molecule has 1 aromatic rings. The summed E-state index contributed by atoms with van der Waals surface area (Å²) in [6.07, 6.45) is -0.470. The Labute approximate surface area is 111 Å². The zero-order chi connectivity index (χ0) is 13.3. The normalized spacial score (nSPS) is 26.2. The SMILES string of the molecule is COc1cc([C@@H]2OC(C)(C)O[C@H]2CCl)ccc1O. The second kappa shape index (κ2) is 4.96. The quantitative estimate of drug-likeness (QED) is 0.860. The highest BCUT2D eigenvalue weighted by Crippen LogP contribution is 2.40. The van der Waals surface area contributed by atoms with Crippen LogP contribution in [0.3, 0.4) is 0 Å². The lowest BCUT2D eigenvalue weighted by Gasteiger charge is -2.17. The van der Waals surface area contributed by atoms with E-state index in [-0.39, 0.29) is 18.0 Å². The summed E-state index contributed by atoms with van der Waals surface area (Å²) in [7, 11) is 1.51. The molecule has 18 heavy (non-hydrogen) atoms. The van der Waals surface area contributed by atoms with Gasteiger partial charge >= 0.3 is 0 Å². The molecule has 0 aliphatic carbocycles. The summed E-state index contributed by atoms with van der Waals surface area (Å²) >= 11 is 5.90. The first-order valence-corrected chi connectivity index (χ1v) is 6.29. The van der Waals surface area contributed by atoms with E-state index in [0.29, 0.717) is 11.6 Å². The molecule has 0 unspecified atom stereocenters. The van der Waals surface area contributed by atoms with Crippen LogP contribution >= 0.6 is 11.6 Å². The number of phenols is 1. The Bertz CT molecular complexity index is 433. The summed E-state index contributed by atoms with van der Waals surface area (Å²) < 4.78 is 16.6. The van der Waals surface area contributed by atoms with Crippen molar-refractivity contribution in [1.29, 1.82) is 0 Å². The highest BCUT2D eigenvalue weighted by molar-refractivity contribution is 6.18. The minimum Gasteiger partial charge on any atom is -0.504 e. The Balaban J connectivity index is 2.30. The van der Waals surface area contributed by atoms with Crippen LogP contribution in [0.1, 0.15) is 25.5 Å². The van der Waals surface area contributed by atoms with Crippen LogP contribution in [0.15, 0.2) is 18.2 Å². The molecule has 0 radical (unpaired) electrons. The Morgan fingerprint density at radius 3 is 2.72 bits per heavy atom. The Morgan fingerprint density at radius 1 is 1.39 bits per heavy atom. The lowest BCUT2D eigenvalue weighted by molar-refractivity contribution is -0.145. The molecule has 0 aromatic heterocycles. The van der Waals surface area contributed by atoms with Crippen LogP contribution < -0.4 is 4.74 Å². The van der Waals surface area contributed by atoms with Gasteiger partial charge in [-0.1, -0.05) is 6.07 Å². The molecule has 100 valence electrons. The van der Waals surface area contributed by atoms with Crippen molar-refractivity contribution in [2.75, 3.05) is 13.0 Å². The molecular formula is C13H17ClO4. The van der Waals surface area contributed by atoms with Crippen LogP contribution in [0.25, 0.3) is 0 Å². The lowest BCUT2D eigenvalue weighted by Crippen LogP contribution is -2.21. The van der Waals surface area contributed by atoms with E-state index in [1.54, 1.807) is 18.2 Å².